The van der Waals surface area contributed by atoms with Crippen LogP contribution >= 0.6 is 0 Å². The van der Waals surface area contributed by atoms with E-state index >= 15 is 0 Å². The van der Waals surface area contributed by atoms with Gasteiger partial charge in [-0.2, -0.15) is 5.10 Å². The Morgan fingerprint density at radius 2 is 2.33 bits per heavy atom. The highest BCUT2D eigenvalue weighted by atomic mass is 16.3. The monoisotopic (exact) mass is 205 g/mol. The third-order valence-electron chi connectivity index (χ3n) is 2.36. The van der Waals surface area contributed by atoms with Crippen molar-refractivity contribution in [2.75, 3.05) is 0 Å². The van der Waals surface area contributed by atoms with E-state index in [2.05, 4.69) is 12.0 Å². The number of hydrogen-bond acceptors (Lipinski definition) is 3. The predicted molar refractivity (Wildman–Crippen MR) is 58.1 cm³/mol. The van der Waals surface area contributed by atoms with E-state index in [1.54, 1.807) is 12.5 Å². The summed E-state index contributed by atoms with van der Waals surface area (Å²) in [4.78, 5) is 0. The Labute approximate surface area is 88.7 Å². The first-order valence-corrected chi connectivity index (χ1v) is 5.15. The lowest BCUT2D eigenvalue weighted by Gasteiger charge is -2.05. The van der Waals surface area contributed by atoms with Crippen LogP contribution in [0.4, 0.5) is 0 Å². The molecule has 15 heavy (non-hydrogen) atoms. The van der Waals surface area contributed by atoms with E-state index in [9.17, 15) is 0 Å². The molecule has 0 spiro atoms. The largest absolute Gasteiger partial charge is 0.467 e. The van der Waals surface area contributed by atoms with Crippen LogP contribution in [0.5, 0.6) is 0 Å². The lowest BCUT2D eigenvalue weighted by Crippen LogP contribution is -2.03. The molecule has 0 saturated heterocycles. The Hall–Kier alpha value is -1.55. The second kappa shape index (κ2) is 4.31. The Morgan fingerprint density at radius 3 is 3.07 bits per heavy atom. The SMILES string of the molecule is CCCn1nccc1-c1ccoc1CN. The number of furan rings is 1. The van der Waals surface area contributed by atoms with Gasteiger partial charge >= 0.3 is 0 Å². The number of nitrogens with zero attached hydrogens (tertiary/aromatic N) is 2. The van der Waals surface area contributed by atoms with Gasteiger partial charge in [0.1, 0.15) is 5.76 Å². The van der Waals surface area contributed by atoms with E-state index in [1.165, 1.54) is 0 Å². The first-order chi connectivity index (χ1) is 7.36. The number of aromatic nitrogens is 2. The topological polar surface area (TPSA) is 57.0 Å². The van der Waals surface area contributed by atoms with E-state index in [-0.39, 0.29) is 0 Å². The normalized spacial score (nSPS) is 10.8. The van der Waals surface area contributed by atoms with Gasteiger partial charge in [-0.1, -0.05) is 6.92 Å². The van der Waals surface area contributed by atoms with E-state index < -0.39 is 0 Å². The van der Waals surface area contributed by atoms with Crippen molar-refractivity contribution >= 4 is 0 Å². The Morgan fingerprint density at radius 1 is 1.47 bits per heavy atom. The standard InChI is InChI=1S/C11H15N3O/c1-2-6-14-10(3-5-13-14)9-4-7-15-11(9)8-12/h3-5,7H,2,6,8,12H2,1H3. The van der Waals surface area contributed by atoms with Crippen LogP contribution in [-0.2, 0) is 13.1 Å². The van der Waals surface area contributed by atoms with Crippen LogP contribution in [0.2, 0.25) is 0 Å². The van der Waals surface area contributed by atoms with Crippen LogP contribution < -0.4 is 5.73 Å². The molecule has 0 aliphatic carbocycles. The fourth-order valence-electron chi connectivity index (χ4n) is 1.68. The molecule has 0 aliphatic rings. The summed E-state index contributed by atoms with van der Waals surface area (Å²) in [6.07, 6.45) is 4.53. The van der Waals surface area contributed by atoms with Crippen molar-refractivity contribution in [1.82, 2.24) is 9.78 Å². The Bertz CT molecular complexity index is 430. The van der Waals surface area contributed by atoms with Gasteiger partial charge in [0.05, 0.1) is 18.5 Å². The maximum absolute atomic E-state index is 5.60. The quantitative estimate of drug-likeness (QED) is 0.830. The minimum Gasteiger partial charge on any atom is -0.467 e. The summed E-state index contributed by atoms with van der Waals surface area (Å²) in [5.74, 6) is 0.813. The predicted octanol–water partition coefficient (Wildman–Crippen LogP) is 2.01. The van der Waals surface area contributed by atoms with E-state index in [4.69, 9.17) is 10.2 Å². The molecule has 80 valence electrons. The summed E-state index contributed by atoms with van der Waals surface area (Å²) in [5.41, 5.74) is 7.72. The summed E-state index contributed by atoms with van der Waals surface area (Å²) in [5, 5.41) is 4.27. The summed E-state index contributed by atoms with van der Waals surface area (Å²) in [6.45, 7) is 3.46. The van der Waals surface area contributed by atoms with Gasteiger partial charge in [0.25, 0.3) is 0 Å². The molecule has 2 heterocycles. The fraction of sp³-hybridized carbons (Fsp3) is 0.364. The Kier molecular flexibility index (Phi) is 2.87. The van der Waals surface area contributed by atoms with E-state index in [0.717, 1.165) is 30.0 Å². The maximum Gasteiger partial charge on any atom is 0.126 e. The third kappa shape index (κ3) is 1.80. The molecule has 2 rings (SSSR count). The van der Waals surface area contributed by atoms with Gasteiger partial charge in [-0.3, -0.25) is 4.68 Å². The van der Waals surface area contributed by atoms with Crippen LogP contribution in [0.1, 0.15) is 19.1 Å². The second-order valence-electron chi connectivity index (χ2n) is 3.40. The maximum atomic E-state index is 5.60. The van der Waals surface area contributed by atoms with Gasteiger partial charge < -0.3 is 10.2 Å². The second-order valence-corrected chi connectivity index (χ2v) is 3.40. The van der Waals surface area contributed by atoms with Crippen LogP contribution in [0.25, 0.3) is 11.3 Å². The molecule has 0 aromatic carbocycles. The van der Waals surface area contributed by atoms with Crippen LogP contribution in [0.15, 0.2) is 29.0 Å². The molecular formula is C11H15N3O. The smallest absolute Gasteiger partial charge is 0.126 e. The van der Waals surface area contributed by atoms with Crippen LogP contribution in [-0.4, -0.2) is 9.78 Å². The van der Waals surface area contributed by atoms with Crippen molar-refractivity contribution in [2.24, 2.45) is 5.73 Å². The molecule has 0 unspecified atom stereocenters. The van der Waals surface area contributed by atoms with E-state index in [0.29, 0.717) is 6.54 Å². The molecular weight excluding hydrogens is 190 g/mol. The Balaban J connectivity index is 2.40. The molecule has 0 amide bonds. The van der Waals surface area contributed by atoms with Gasteiger partial charge in [0.15, 0.2) is 0 Å². The highest BCUT2D eigenvalue weighted by Crippen LogP contribution is 2.24. The van der Waals surface area contributed by atoms with Crippen molar-refractivity contribution < 1.29 is 4.42 Å². The van der Waals surface area contributed by atoms with Crippen molar-refractivity contribution in [3.05, 3.63) is 30.4 Å². The van der Waals surface area contributed by atoms with Crippen molar-refractivity contribution in [2.45, 2.75) is 26.4 Å². The van der Waals surface area contributed by atoms with Crippen LogP contribution in [0.3, 0.4) is 0 Å². The van der Waals surface area contributed by atoms with Gasteiger partial charge in [0.2, 0.25) is 0 Å². The zero-order chi connectivity index (χ0) is 10.7. The molecule has 0 radical (unpaired) electrons. The average molecular weight is 205 g/mol. The number of rotatable bonds is 4. The van der Waals surface area contributed by atoms with Gasteiger partial charge in [-0.05, 0) is 18.6 Å². The highest BCUT2D eigenvalue weighted by molar-refractivity contribution is 5.61. The summed E-state index contributed by atoms with van der Waals surface area (Å²) < 4.78 is 7.28. The van der Waals surface area contributed by atoms with Crippen LogP contribution in [0, 0.1) is 0 Å². The minimum absolute atomic E-state index is 0.416. The summed E-state index contributed by atoms with van der Waals surface area (Å²) in [6, 6.07) is 3.92. The summed E-state index contributed by atoms with van der Waals surface area (Å²) in [7, 11) is 0. The first kappa shape index (κ1) is 9.98. The van der Waals surface area contributed by atoms with Gasteiger partial charge in [0, 0.05) is 18.3 Å². The number of nitrogens with two attached hydrogens (primary N) is 1. The lowest BCUT2D eigenvalue weighted by atomic mass is 10.2. The molecule has 0 saturated carbocycles. The molecule has 4 nitrogen and oxygen atoms in total. The average Bonchev–Trinajstić information content (AvgIpc) is 2.84. The first-order valence-electron chi connectivity index (χ1n) is 5.15. The van der Waals surface area contributed by atoms with Crippen molar-refractivity contribution in [3.63, 3.8) is 0 Å². The molecule has 4 heteroatoms. The van der Waals surface area contributed by atoms with Gasteiger partial charge in [-0.15, -0.1) is 0 Å². The minimum atomic E-state index is 0.416. The zero-order valence-corrected chi connectivity index (χ0v) is 8.81. The molecule has 0 fully saturated rings. The zero-order valence-electron chi connectivity index (χ0n) is 8.81. The molecule has 2 aromatic heterocycles. The number of aryl methyl sites for hydroxylation is 1. The molecule has 2 aromatic rings. The lowest BCUT2D eigenvalue weighted by molar-refractivity contribution is 0.512. The van der Waals surface area contributed by atoms with Crippen molar-refractivity contribution in [1.29, 1.82) is 0 Å². The fourth-order valence-corrected chi connectivity index (χ4v) is 1.68. The molecule has 2 N–H and O–H groups in total. The number of hydrogen-bond donors (Lipinski definition) is 1. The highest BCUT2D eigenvalue weighted by Gasteiger charge is 2.11. The molecule has 0 bridgehead atoms. The molecule has 0 aliphatic heterocycles. The van der Waals surface area contributed by atoms with E-state index in [1.807, 2.05) is 16.8 Å². The third-order valence-corrected chi connectivity index (χ3v) is 2.36. The van der Waals surface area contributed by atoms with Crippen molar-refractivity contribution in [3.8, 4) is 11.3 Å². The molecule has 0 atom stereocenters. The van der Waals surface area contributed by atoms with Gasteiger partial charge in [-0.25, -0.2) is 0 Å². The summed E-state index contributed by atoms with van der Waals surface area (Å²) >= 11 is 0.